The van der Waals surface area contributed by atoms with Gasteiger partial charge in [-0.2, -0.15) is 0 Å². The van der Waals surface area contributed by atoms with E-state index in [1.165, 1.54) is 12.0 Å². The van der Waals surface area contributed by atoms with Gasteiger partial charge >= 0.3 is 18.0 Å². The van der Waals surface area contributed by atoms with Crippen LogP contribution in [-0.2, 0) is 30.4 Å². The molecule has 1 aromatic rings. The highest BCUT2D eigenvalue weighted by Crippen LogP contribution is 2.37. The van der Waals surface area contributed by atoms with Gasteiger partial charge in [0.1, 0.15) is 12.6 Å². The highest BCUT2D eigenvalue weighted by Gasteiger charge is 2.50. The third kappa shape index (κ3) is 5.12. The van der Waals surface area contributed by atoms with Crippen molar-refractivity contribution < 1.29 is 28.6 Å². The summed E-state index contributed by atoms with van der Waals surface area (Å²) in [5.74, 6) is -1.73. The quantitative estimate of drug-likeness (QED) is 0.405. The van der Waals surface area contributed by atoms with Crippen LogP contribution in [0.2, 0.25) is 0 Å². The third-order valence-electron chi connectivity index (χ3n) is 4.88. The van der Waals surface area contributed by atoms with E-state index in [1.807, 2.05) is 37.3 Å². The number of benzene rings is 1. The van der Waals surface area contributed by atoms with E-state index in [-0.39, 0.29) is 32.1 Å². The standard InChI is InChI=1S/C21H27NO6/c1-5-27-20(24)19-16(11-18(23)26-4)17(14(2)3)12-22(19)21(25)28-13-15-9-7-6-8-10-15/h6-10,16-17,19H,2,5,11-13H2,1,3-4H3/t16-,17+,19+/m0/s1. The second-order valence-corrected chi connectivity index (χ2v) is 6.79. The van der Waals surface area contributed by atoms with Crippen LogP contribution in [0.25, 0.3) is 0 Å². The number of likely N-dealkylation sites (tertiary alicyclic amines) is 1. The van der Waals surface area contributed by atoms with Crippen molar-refractivity contribution in [2.75, 3.05) is 20.3 Å². The predicted molar refractivity (Wildman–Crippen MR) is 102 cm³/mol. The fourth-order valence-electron chi connectivity index (χ4n) is 3.48. The number of methoxy groups -OCH3 is 1. The molecule has 28 heavy (non-hydrogen) atoms. The highest BCUT2D eigenvalue weighted by molar-refractivity contribution is 5.84. The number of amides is 1. The van der Waals surface area contributed by atoms with Gasteiger partial charge in [-0.3, -0.25) is 9.69 Å². The van der Waals surface area contributed by atoms with Gasteiger partial charge in [0.15, 0.2) is 0 Å². The summed E-state index contributed by atoms with van der Waals surface area (Å²) in [5, 5.41) is 0. The number of esters is 2. The molecule has 1 fully saturated rings. The van der Waals surface area contributed by atoms with Crippen LogP contribution >= 0.6 is 0 Å². The number of carbonyl (C=O) groups is 3. The summed E-state index contributed by atoms with van der Waals surface area (Å²) in [7, 11) is 1.29. The number of ether oxygens (including phenoxy) is 3. The maximum Gasteiger partial charge on any atom is 0.410 e. The molecule has 3 atom stereocenters. The summed E-state index contributed by atoms with van der Waals surface area (Å²) in [6, 6.07) is 8.34. The molecule has 0 saturated carbocycles. The Morgan fingerprint density at radius 3 is 2.43 bits per heavy atom. The zero-order valence-electron chi connectivity index (χ0n) is 16.6. The highest BCUT2D eigenvalue weighted by atomic mass is 16.6. The Morgan fingerprint density at radius 1 is 1.18 bits per heavy atom. The molecular weight excluding hydrogens is 362 g/mol. The molecule has 1 aromatic carbocycles. The van der Waals surface area contributed by atoms with Crippen molar-refractivity contribution in [3.8, 4) is 0 Å². The molecule has 2 rings (SSSR count). The van der Waals surface area contributed by atoms with Crippen LogP contribution in [0.4, 0.5) is 4.79 Å². The minimum Gasteiger partial charge on any atom is -0.469 e. The van der Waals surface area contributed by atoms with Crippen LogP contribution in [0.15, 0.2) is 42.5 Å². The summed E-state index contributed by atoms with van der Waals surface area (Å²) in [5.41, 5.74) is 1.62. The van der Waals surface area contributed by atoms with Gasteiger partial charge in [0.05, 0.1) is 20.1 Å². The Bertz CT molecular complexity index is 717. The van der Waals surface area contributed by atoms with Gasteiger partial charge in [-0.05, 0) is 19.4 Å². The molecule has 1 aliphatic rings. The second kappa shape index (κ2) is 9.92. The van der Waals surface area contributed by atoms with Crippen LogP contribution in [-0.4, -0.2) is 49.2 Å². The predicted octanol–water partition coefficient (Wildman–Crippen LogP) is 2.94. The van der Waals surface area contributed by atoms with Crippen LogP contribution in [0, 0.1) is 11.8 Å². The fraction of sp³-hybridized carbons (Fsp3) is 0.476. The summed E-state index contributed by atoms with van der Waals surface area (Å²) in [4.78, 5) is 38.6. The first-order chi connectivity index (χ1) is 13.4. The number of rotatable bonds is 7. The molecule has 0 bridgehead atoms. The number of carbonyl (C=O) groups excluding carboxylic acids is 3. The molecule has 1 amide bonds. The number of nitrogens with zero attached hydrogens (tertiary/aromatic N) is 1. The summed E-state index contributed by atoms with van der Waals surface area (Å²) in [6.45, 7) is 7.96. The van der Waals surface area contributed by atoms with Gasteiger partial charge in [0.2, 0.25) is 0 Å². The lowest BCUT2D eigenvalue weighted by Crippen LogP contribution is -2.45. The zero-order chi connectivity index (χ0) is 20.7. The first-order valence-electron chi connectivity index (χ1n) is 9.25. The van der Waals surface area contributed by atoms with Crippen molar-refractivity contribution in [2.24, 2.45) is 11.8 Å². The molecule has 152 valence electrons. The normalized spacial score (nSPS) is 21.1. The Balaban J connectivity index is 2.23. The molecule has 0 unspecified atom stereocenters. The van der Waals surface area contributed by atoms with E-state index in [9.17, 15) is 14.4 Å². The van der Waals surface area contributed by atoms with E-state index >= 15 is 0 Å². The van der Waals surface area contributed by atoms with Gasteiger partial charge in [-0.25, -0.2) is 9.59 Å². The number of hydrogen-bond acceptors (Lipinski definition) is 6. The van der Waals surface area contributed by atoms with Gasteiger partial charge in [-0.1, -0.05) is 42.5 Å². The van der Waals surface area contributed by atoms with Crippen LogP contribution in [0.1, 0.15) is 25.8 Å². The van der Waals surface area contributed by atoms with Crippen LogP contribution in [0.3, 0.4) is 0 Å². The average Bonchev–Trinajstić information content (AvgIpc) is 3.06. The largest absolute Gasteiger partial charge is 0.469 e. The SMILES string of the molecule is C=C(C)[C@H]1CN(C(=O)OCc2ccccc2)[C@@H](C(=O)OCC)[C@H]1CC(=O)OC. The molecule has 7 heteroatoms. The van der Waals surface area contributed by atoms with E-state index in [0.717, 1.165) is 11.1 Å². The van der Waals surface area contributed by atoms with Gasteiger partial charge < -0.3 is 14.2 Å². The molecule has 7 nitrogen and oxygen atoms in total. The Kier molecular flexibility index (Phi) is 7.61. The van der Waals surface area contributed by atoms with Crippen molar-refractivity contribution in [2.45, 2.75) is 32.9 Å². The molecule has 0 N–H and O–H groups in total. The lowest BCUT2D eigenvalue weighted by atomic mass is 9.84. The summed E-state index contributed by atoms with van der Waals surface area (Å²) >= 11 is 0. The van der Waals surface area contributed by atoms with Crippen molar-refractivity contribution in [1.82, 2.24) is 4.90 Å². The molecule has 0 aromatic heterocycles. The van der Waals surface area contributed by atoms with Gasteiger partial charge in [-0.15, -0.1) is 0 Å². The van der Waals surface area contributed by atoms with Crippen molar-refractivity contribution in [3.63, 3.8) is 0 Å². The average molecular weight is 389 g/mol. The Morgan fingerprint density at radius 2 is 1.86 bits per heavy atom. The lowest BCUT2D eigenvalue weighted by Gasteiger charge is -2.26. The Hall–Kier alpha value is -2.83. The Labute approximate surface area is 165 Å². The topological polar surface area (TPSA) is 82.1 Å². The van der Waals surface area contributed by atoms with E-state index in [1.54, 1.807) is 6.92 Å². The third-order valence-corrected chi connectivity index (χ3v) is 4.88. The molecule has 1 saturated heterocycles. The maximum absolute atomic E-state index is 12.8. The van der Waals surface area contributed by atoms with E-state index in [2.05, 4.69) is 6.58 Å². The van der Waals surface area contributed by atoms with E-state index in [0.29, 0.717) is 0 Å². The fourth-order valence-corrected chi connectivity index (χ4v) is 3.48. The summed E-state index contributed by atoms with van der Waals surface area (Å²) < 4.78 is 15.4. The van der Waals surface area contributed by atoms with Crippen molar-refractivity contribution in [1.29, 1.82) is 0 Å². The molecule has 0 aliphatic carbocycles. The minimum atomic E-state index is -0.927. The van der Waals surface area contributed by atoms with E-state index in [4.69, 9.17) is 14.2 Å². The van der Waals surface area contributed by atoms with Crippen LogP contribution in [0.5, 0.6) is 0 Å². The molecular formula is C21H27NO6. The minimum absolute atomic E-state index is 0.0139. The van der Waals surface area contributed by atoms with Crippen LogP contribution < -0.4 is 0 Å². The van der Waals surface area contributed by atoms with Gasteiger partial charge in [0.25, 0.3) is 0 Å². The molecule has 1 aliphatic heterocycles. The zero-order valence-corrected chi connectivity index (χ0v) is 16.6. The smallest absolute Gasteiger partial charge is 0.410 e. The first kappa shape index (κ1) is 21.5. The van der Waals surface area contributed by atoms with Crippen molar-refractivity contribution in [3.05, 3.63) is 48.0 Å². The molecule has 0 spiro atoms. The first-order valence-corrected chi connectivity index (χ1v) is 9.25. The molecule has 0 radical (unpaired) electrons. The monoisotopic (exact) mass is 389 g/mol. The molecule has 1 heterocycles. The van der Waals surface area contributed by atoms with Crippen molar-refractivity contribution >= 4 is 18.0 Å². The number of hydrogen-bond donors (Lipinski definition) is 0. The van der Waals surface area contributed by atoms with E-state index < -0.39 is 30.0 Å². The maximum atomic E-state index is 12.8. The summed E-state index contributed by atoms with van der Waals surface area (Å²) in [6.07, 6.45) is -0.638. The lowest BCUT2D eigenvalue weighted by molar-refractivity contribution is -0.150. The van der Waals surface area contributed by atoms with Gasteiger partial charge in [0, 0.05) is 18.4 Å². The second-order valence-electron chi connectivity index (χ2n) is 6.79.